The van der Waals surface area contributed by atoms with E-state index >= 15 is 0 Å². The fraction of sp³-hybridized carbons (Fsp3) is 0.176. The van der Waals surface area contributed by atoms with E-state index in [1.807, 2.05) is 6.92 Å². The molecule has 4 nitrogen and oxygen atoms in total. The number of hydrogen-bond donors (Lipinski definition) is 2. The van der Waals surface area contributed by atoms with E-state index in [0.29, 0.717) is 27.9 Å². The van der Waals surface area contributed by atoms with Gasteiger partial charge in [0.25, 0.3) is 5.91 Å². The van der Waals surface area contributed by atoms with Crippen LogP contribution in [-0.4, -0.2) is 17.6 Å². The number of carbonyl (C=O) groups excluding carboxylic acids is 1. The van der Waals surface area contributed by atoms with E-state index in [2.05, 4.69) is 10.6 Å². The molecule has 24 heavy (non-hydrogen) atoms. The quantitative estimate of drug-likeness (QED) is 0.721. The van der Waals surface area contributed by atoms with Crippen LogP contribution in [-0.2, 0) is 0 Å². The maximum atomic E-state index is 12.2. The van der Waals surface area contributed by atoms with Gasteiger partial charge in [-0.1, -0.05) is 36.2 Å². The third-order valence-corrected chi connectivity index (χ3v) is 3.85. The van der Waals surface area contributed by atoms with Crippen molar-refractivity contribution in [1.29, 1.82) is 0 Å². The van der Waals surface area contributed by atoms with Gasteiger partial charge in [-0.15, -0.1) is 0 Å². The van der Waals surface area contributed by atoms with Crippen molar-refractivity contribution in [1.82, 2.24) is 5.32 Å². The lowest BCUT2D eigenvalue weighted by atomic mass is 10.2. The topological polar surface area (TPSA) is 50.4 Å². The summed E-state index contributed by atoms with van der Waals surface area (Å²) in [6.07, 6.45) is 0.923. The predicted molar refractivity (Wildman–Crippen MR) is 102 cm³/mol. The van der Waals surface area contributed by atoms with E-state index in [-0.39, 0.29) is 11.0 Å². The van der Waals surface area contributed by atoms with Crippen LogP contribution in [0.3, 0.4) is 0 Å². The number of carbonyl (C=O) groups is 1. The molecule has 0 aliphatic carbocycles. The number of rotatable bonds is 5. The van der Waals surface area contributed by atoms with E-state index in [1.165, 1.54) is 0 Å². The molecule has 0 saturated carbocycles. The number of nitrogens with one attached hydrogen (secondary N) is 2. The van der Waals surface area contributed by atoms with E-state index in [1.54, 1.807) is 42.5 Å². The Labute approximate surface area is 156 Å². The Bertz CT molecular complexity index is 716. The van der Waals surface area contributed by atoms with Crippen molar-refractivity contribution in [3.63, 3.8) is 0 Å². The number of benzene rings is 2. The second-order valence-corrected chi connectivity index (χ2v) is 6.10. The second-order valence-electron chi connectivity index (χ2n) is 4.88. The Kier molecular flexibility index (Phi) is 6.85. The van der Waals surface area contributed by atoms with E-state index < -0.39 is 0 Å². The fourth-order valence-corrected chi connectivity index (χ4v) is 2.55. The van der Waals surface area contributed by atoms with Gasteiger partial charge in [0, 0.05) is 5.56 Å². The molecule has 0 unspecified atom stereocenters. The highest BCUT2D eigenvalue weighted by Crippen LogP contribution is 2.29. The summed E-state index contributed by atoms with van der Waals surface area (Å²) in [5.41, 5.74) is 0.919. The molecule has 0 radical (unpaired) electrons. The average Bonchev–Trinajstić information content (AvgIpc) is 2.57. The highest BCUT2D eigenvalue weighted by Gasteiger charge is 2.11. The molecule has 0 fully saturated rings. The smallest absolute Gasteiger partial charge is 0.257 e. The lowest BCUT2D eigenvalue weighted by Gasteiger charge is -2.12. The molecular formula is C17H16Cl2N2O2S. The molecule has 2 N–H and O–H groups in total. The molecule has 0 atom stereocenters. The van der Waals surface area contributed by atoms with E-state index in [9.17, 15) is 4.79 Å². The first kappa shape index (κ1) is 18.5. The zero-order valence-corrected chi connectivity index (χ0v) is 15.3. The van der Waals surface area contributed by atoms with Crippen LogP contribution >= 0.6 is 35.4 Å². The molecule has 0 aromatic heterocycles. The van der Waals surface area contributed by atoms with Gasteiger partial charge in [-0.05, 0) is 55.0 Å². The van der Waals surface area contributed by atoms with Gasteiger partial charge in [0.1, 0.15) is 5.75 Å². The van der Waals surface area contributed by atoms with Crippen LogP contribution in [0.5, 0.6) is 5.75 Å². The van der Waals surface area contributed by atoms with Crippen LogP contribution in [0, 0.1) is 0 Å². The predicted octanol–water partition coefficient (Wildman–Crippen LogP) is 4.91. The molecule has 0 saturated heterocycles. The Morgan fingerprint density at radius 2 is 1.75 bits per heavy atom. The minimum absolute atomic E-state index is 0.112. The van der Waals surface area contributed by atoms with Crippen LogP contribution in [0.25, 0.3) is 0 Å². The summed E-state index contributed by atoms with van der Waals surface area (Å²) < 4.78 is 5.48. The number of thiocarbonyl (C=S) groups is 1. The van der Waals surface area contributed by atoms with E-state index in [4.69, 9.17) is 40.2 Å². The van der Waals surface area contributed by atoms with Crippen molar-refractivity contribution in [2.24, 2.45) is 0 Å². The Morgan fingerprint density at radius 1 is 1.12 bits per heavy atom. The lowest BCUT2D eigenvalue weighted by molar-refractivity contribution is 0.0977. The van der Waals surface area contributed by atoms with Gasteiger partial charge in [-0.25, -0.2) is 0 Å². The summed E-state index contributed by atoms with van der Waals surface area (Å²) >= 11 is 17.2. The molecule has 0 aliphatic heterocycles. The van der Waals surface area contributed by atoms with Gasteiger partial charge in [0.2, 0.25) is 0 Å². The van der Waals surface area contributed by atoms with Crippen LogP contribution < -0.4 is 15.4 Å². The van der Waals surface area contributed by atoms with Crippen LogP contribution in [0.1, 0.15) is 23.7 Å². The summed E-state index contributed by atoms with van der Waals surface area (Å²) in [7, 11) is 0. The Hall–Kier alpha value is -1.82. The number of halogens is 2. The van der Waals surface area contributed by atoms with Crippen LogP contribution in [0.2, 0.25) is 10.0 Å². The summed E-state index contributed by atoms with van der Waals surface area (Å²) in [5.74, 6) is 0.384. The maximum Gasteiger partial charge on any atom is 0.257 e. The van der Waals surface area contributed by atoms with Crippen molar-refractivity contribution < 1.29 is 9.53 Å². The first-order valence-corrected chi connectivity index (χ1v) is 8.47. The first-order chi connectivity index (χ1) is 11.5. The number of para-hydroxylation sites is 1. The van der Waals surface area contributed by atoms with Gasteiger partial charge in [-0.3, -0.25) is 10.1 Å². The zero-order valence-electron chi connectivity index (χ0n) is 12.9. The standard InChI is InChI=1S/C17H16Cl2N2O2S/c1-2-10-23-12-8-6-11(7-9-12)16(22)21-17(24)20-15-13(18)4-3-5-14(15)19/h3-9H,2,10H2,1H3,(H2,20,21,22,24). The second kappa shape index (κ2) is 8.87. The number of amides is 1. The van der Waals surface area contributed by atoms with Gasteiger partial charge in [0.05, 0.1) is 22.3 Å². The molecule has 1 amide bonds. The molecular weight excluding hydrogens is 367 g/mol. The summed E-state index contributed by atoms with van der Waals surface area (Å²) in [5, 5.41) is 6.35. The third kappa shape index (κ3) is 5.09. The van der Waals surface area contributed by atoms with Gasteiger partial charge < -0.3 is 10.1 Å². The molecule has 0 aliphatic rings. The highest BCUT2D eigenvalue weighted by molar-refractivity contribution is 7.80. The fourth-order valence-electron chi connectivity index (χ4n) is 1.86. The highest BCUT2D eigenvalue weighted by atomic mass is 35.5. The Morgan fingerprint density at radius 3 is 2.33 bits per heavy atom. The molecule has 2 aromatic carbocycles. The lowest BCUT2D eigenvalue weighted by Crippen LogP contribution is -2.34. The third-order valence-electron chi connectivity index (χ3n) is 3.02. The number of hydrogen-bond acceptors (Lipinski definition) is 3. The molecule has 0 heterocycles. The SMILES string of the molecule is CCCOc1ccc(C(=O)NC(=S)Nc2c(Cl)cccc2Cl)cc1. The minimum Gasteiger partial charge on any atom is -0.494 e. The van der Waals surface area contributed by atoms with Crippen molar-refractivity contribution in [3.8, 4) is 5.75 Å². The van der Waals surface area contributed by atoms with Crippen molar-refractivity contribution in [2.75, 3.05) is 11.9 Å². The molecule has 2 aromatic rings. The van der Waals surface area contributed by atoms with Crippen LogP contribution in [0.4, 0.5) is 5.69 Å². The summed E-state index contributed by atoms with van der Waals surface area (Å²) in [6.45, 7) is 2.67. The van der Waals surface area contributed by atoms with Gasteiger partial charge in [-0.2, -0.15) is 0 Å². The molecule has 7 heteroatoms. The van der Waals surface area contributed by atoms with Gasteiger partial charge in [0.15, 0.2) is 5.11 Å². The molecule has 126 valence electrons. The maximum absolute atomic E-state index is 12.2. The Balaban J connectivity index is 1.97. The van der Waals surface area contributed by atoms with E-state index in [0.717, 1.165) is 12.2 Å². The normalized spacial score (nSPS) is 10.1. The molecule has 2 rings (SSSR count). The van der Waals surface area contributed by atoms with Crippen molar-refractivity contribution >= 4 is 52.1 Å². The first-order valence-electron chi connectivity index (χ1n) is 7.30. The van der Waals surface area contributed by atoms with Crippen molar-refractivity contribution in [3.05, 3.63) is 58.1 Å². The molecule has 0 spiro atoms. The summed E-state index contributed by atoms with van der Waals surface area (Å²) in [6, 6.07) is 11.9. The van der Waals surface area contributed by atoms with Crippen LogP contribution in [0.15, 0.2) is 42.5 Å². The summed E-state index contributed by atoms with van der Waals surface area (Å²) in [4.78, 5) is 12.2. The number of ether oxygens (including phenoxy) is 1. The largest absolute Gasteiger partial charge is 0.494 e. The average molecular weight is 383 g/mol. The van der Waals surface area contributed by atoms with Crippen molar-refractivity contribution in [2.45, 2.75) is 13.3 Å². The number of anilines is 1. The van der Waals surface area contributed by atoms with Gasteiger partial charge >= 0.3 is 0 Å². The minimum atomic E-state index is -0.335. The monoisotopic (exact) mass is 382 g/mol. The molecule has 0 bridgehead atoms. The zero-order chi connectivity index (χ0) is 17.5.